The van der Waals surface area contributed by atoms with E-state index in [-0.39, 0.29) is 11.1 Å². The summed E-state index contributed by atoms with van der Waals surface area (Å²) in [6.45, 7) is 6.60. The number of carbonyl (C=O) groups is 1. The highest BCUT2D eigenvalue weighted by atomic mass is 16.2. The fraction of sp³-hybridized carbons (Fsp3) is 0.316. The summed E-state index contributed by atoms with van der Waals surface area (Å²) in [6.07, 6.45) is 9.06. The highest BCUT2D eigenvalue weighted by molar-refractivity contribution is 5.93. The highest BCUT2D eigenvalue weighted by Gasteiger charge is 2.11. The van der Waals surface area contributed by atoms with E-state index >= 15 is 0 Å². The first-order valence-corrected chi connectivity index (χ1v) is 8.02. The van der Waals surface area contributed by atoms with Gasteiger partial charge in [-0.2, -0.15) is 0 Å². The predicted octanol–water partition coefficient (Wildman–Crippen LogP) is 3.12. The van der Waals surface area contributed by atoms with Crippen molar-refractivity contribution in [1.29, 1.82) is 0 Å². The Bertz CT molecular complexity index is 843. The summed E-state index contributed by atoms with van der Waals surface area (Å²) >= 11 is 0. The standard InChI is InChI=1S/C19H23N3O2/c1-14(2)7-6-8-15(3)10-11-20-18(23)16-13-21-17-9-4-5-12-22(17)19(16)24/h4-5,7,9-10,12-13H,6,8,11H2,1-3H3,(H,20,23). The van der Waals surface area contributed by atoms with Crippen LogP contribution in [-0.4, -0.2) is 21.8 Å². The van der Waals surface area contributed by atoms with E-state index in [1.165, 1.54) is 21.7 Å². The average Bonchev–Trinajstić information content (AvgIpc) is 2.55. The SMILES string of the molecule is CC(C)=CCCC(C)=CCNC(=O)c1cnc2ccccn2c1=O. The van der Waals surface area contributed by atoms with Crippen LogP contribution in [0.25, 0.3) is 5.65 Å². The molecule has 0 unspecified atom stereocenters. The molecule has 0 aliphatic heterocycles. The molecule has 126 valence electrons. The van der Waals surface area contributed by atoms with Gasteiger partial charge in [-0.25, -0.2) is 4.98 Å². The Hall–Kier alpha value is -2.69. The first-order valence-electron chi connectivity index (χ1n) is 8.02. The van der Waals surface area contributed by atoms with E-state index < -0.39 is 5.91 Å². The Labute approximate surface area is 141 Å². The van der Waals surface area contributed by atoms with E-state index in [0.29, 0.717) is 12.2 Å². The van der Waals surface area contributed by atoms with Gasteiger partial charge in [-0.3, -0.25) is 14.0 Å². The van der Waals surface area contributed by atoms with Crippen LogP contribution in [0.15, 0.2) is 58.7 Å². The molecule has 0 saturated heterocycles. The maximum Gasteiger partial charge on any atom is 0.270 e. The van der Waals surface area contributed by atoms with E-state index in [0.717, 1.165) is 12.8 Å². The summed E-state index contributed by atoms with van der Waals surface area (Å²) in [7, 11) is 0. The van der Waals surface area contributed by atoms with Crippen LogP contribution in [-0.2, 0) is 0 Å². The summed E-state index contributed by atoms with van der Waals surface area (Å²) in [6, 6.07) is 5.25. The molecule has 5 nitrogen and oxygen atoms in total. The van der Waals surface area contributed by atoms with Gasteiger partial charge in [0.2, 0.25) is 0 Å². The molecule has 2 aromatic heterocycles. The van der Waals surface area contributed by atoms with E-state index in [1.54, 1.807) is 24.4 Å². The molecule has 24 heavy (non-hydrogen) atoms. The number of allylic oxidation sites excluding steroid dienone is 3. The van der Waals surface area contributed by atoms with Crippen molar-refractivity contribution < 1.29 is 4.79 Å². The minimum Gasteiger partial charge on any atom is -0.348 e. The van der Waals surface area contributed by atoms with Crippen molar-refractivity contribution in [2.75, 3.05) is 6.54 Å². The Kier molecular flexibility index (Phi) is 6.07. The third-order valence-corrected chi connectivity index (χ3v) is 3.66. The number of hydrogen-bond donors (Lipinski definition) is 1. The molecule has 0 atom stereocenters. The van der Waals surface area contributed by atoms with Crippen LogP contribution in [0.5, 0.6) is 0 Å². The number of carbonyl (C=O) groups excluding carboxylic acids is 1. The zero-order valence-electron chi connectivity index (χ0n) is 14.4. The van der Waals surface area contributed by atoms with Crippen LogP contribution >= 0.6 is 0 Å². The smallest absolute Gasteiger partial charge is 0.270 e. The Morgan fingerprint density at radius 3 is 2.79 bits per heavy atom. The average molecular weight is 325 g/mol. The zero-order chi connectivity index (χ0) is 17.5. The molecule has 0 aromatic carbocycles. The van der Waals surface area contributed by atoms with Crippen molar-refractivity contribution in [3.05, 3.63) is 69.8 Å². The monoisotopic (exact) mass is 325 g/mol. The molecule has 0 spiro atoms. The number of amides is 1. The second kappa shape index (κ2) is 8.24. The van der Waals surface area contributed by atoms with Crippen molar-refractivity contribution in [2.45, 2.75) is 33.6 Å². The fourth-order valence-electron chi connectivity index (χ4n) is 2.29. The quantitative estimate of drug-likeness (QED) is 0.830. The minimum atomic E-state index is -0.404. The molecule has 2 heterocycles. The van der Waals surface area contributed by atoms with Gasteiger partial charge in [0.15, 0.2) is 0 Å². The molecule has 5 heteroatoms. The van der Waals surface area contributed by atoms with Crippen LogP contribution in [0, 0.1) is 0 Å². The van der Waals surface area contributed by atoms with Gasteiger partial charge in [-0.05, 0) is 45.7 Å². The second-order valence-corrected chi connectivity index (χ2v) is 5.99. The van der Waals surface area contributed by atoms with Gasteiger partial charge in [0.25, 0.3) is 11.5 Å². The largest absolute Gasteiger partial charge is 0.348 e. The molecule has 0 aliphatic carbocycles. The van der Waals surface area contributed by atoms with E-state index in [2.05, 4.69) is 30.2 Å². The Balaban J connectivity index is 1.99. The second-order valence-electron chi connectivity index (χ2n) is 5.99. The number of pyridine rings is 1. The third kappa shape index (κ3) is 4.65. The topological polar surface area (TPSA) is 63.5 Å². The summed E-state index contributed by atoms with van der Waals surface area (Å²) in [5.74, 6) is -0.404. The number of rotatable bonds is 6. The van der Waals surface area contributed by atoms with Gasteiger partial charge in [0.05, 0.1) is 0 Å². The van der Waals surface area contributed by atoms with Crippen LogP contribution in [0.4, 0.5) is 0 Å². The number of nitrogens with zero attached hydrogens (tertiary/aromatic N) is 2. The summed E-state index contributed by atoms with van der Waals surface area (Å²) < 4.78 is 1.37. The Morgan fingerprint density at radius 1 is 1.25 bits per heavy atom. The first kappa shape index (κ1) is 17.7. The maximum absolute atomic E-state index is 12.3. The van der Waals surface area contributed by atoms with Crippen molar-refractivity contribution >= 4 is 11.6 Å². The third-order valence-electron chi connectivity index (χ3n) is 3.66. The summed E-state index contributed by atoms with van der Waals surface area (Å²) in [4.78, 5) is 28.6. The molecular weight excluding hydrogens is 302 g/mol. The molecule has 0 aliphatic rings. The predicted molar refractivity (Wildman–Crippen MR) is 96.2 cm³/mol. The first-order chi connectivity index (χ1) is 11.5. The van der Waals surface area contributed by atoms with Crippen LogP contribution < -0.4 is 10.9 Å². The van der Waals surface area contributed by atoms with Gasteiger partial charge >= 0.3 is 0 Å². The number of aromatic nitrogens is 2. The molecule has 2 aromatic rings. The van der Waals surface area contributed by atoms with Crippen LogP contribution in [0.2, 0.25) is 0 Å². The lowest BCUT2D eigenvalue weighted by molar-refractivity contribution is 0.0956. The molecule has 0 radical (unpaired) electrons. The van der Waals surface area contributed by atoms with Gasteiger partial charge in [0.1, 0.15) is 11.2 Å². The number of fused-ring (bicyclic) bond motifs is 1. The maximum atomic E-state index is 12.3. The van der Waals surface area contributed by atoms with Gasteiger partial charge < -0.3 is 5.32 Å². The zero-order valence-corrected chi connectivity index (χ0v) is 14.4. The van der Waals surface area contributed by atoms with Crippen molar-refractivity contribution in [2.24, 2.45) is 0 Å². The van der Waals surface area contributed by atoms with E-state index in [4.69, 9.17) is 0 Å². The summed E-state index contributed by atoms with van der Waals surface area (Å²) in [5, 5.41) is 2.75. The number of hydrogen-bond acceptors (Lipinski definition) is 3. The normalized spacial score (nSPS) is 11.4. The van der Waals surface area contributed by atoms with Gasteiger partial charge in [-0.1, -0.05) is 29.4 Å². The summed E-state index contributed by atoms with van der Waals surface area (Å²) in [5.41, 5.74) is 2.73. The fourth-order valence-corrected chi connectivity index (χ4v) is 2.29. The lowest BCUT2D eigenvalue weighted by Gasteiger charge is -2.05. The van der Waals surface area contributed by atoms with E-state index in [9.17, 15) is 9.59 Å². The van der Waals surface area contributed by atoms with E-state index in [1.807, 2.05) is 13.0 Å². The lowest BCUT2D eigenvalue weighted by atomic mass is 10.1. The van der Waals surface area contributed by atoms with Crippen molar-refractivity contribution in [1.82, 2.24) is 14.7 Å². The van der Waals surface area contributed by atoms with Crippen molar-refractivity contribution in [3.8, 4) is 0 Å². The van der Waals surface area contributed by atoms with Crippen molar-refractivity contribution in [3.63, 3.8) is 0 Å². The van der Waals surface area contributed by atoms with Gasteiger partial charge in [0, 0.05) is 18.9 Å². The molecule has 0 saturated carbocycles. The van der Waals surface area contributed by atoms with Crippen LogP contribution in [0.3, 0.4) is 0 Å². The Morgan fingerprint density at radius 2 is 2.04 bits per heavy atom. The molecular formula is C19H23N3O2. The molecule has 0 bridgehead atoms. The number of nitrogens with one attached hydrogen (secondary N) is 1. The molecule has 1 amide bonds. The van der Waals surface area contributed by atoms with Crippen LogP contribution in [0.1, 0.15) is 44.0 Å². The minimum absolute atomic E-state index is 0.0503. The van der Waals surface area contributed by atoms with Gasteiger partial charge in [-0.15, -0.1) is 0 Å². The highest BCUT2D eigenvalue weighted by Crippen LogP contribution is 2.06. The molecule has 2 rings (SSSR count). The molecule has 0 fully saturated rings. The lowest BCUT2D eigenvalue weighted by Crippen LogP contribution is -2.31. The molecule has 1 N–H and O–H groups in total.